The van der Waals surface area contributed by atoms with Crippen molar-refractivity contribution in [3.8, 4) is 0 Å². The Morgan fingerprint density at radius 2 is 2.09 bits per heavy atom. The Bertz CT molecular complexity index is 687. The third-order valence-electron chi connectivity index (χ3n) is 3.08. The lowest BCUT2D eigenvalue weighted by atomic mass is 10.1. The van der Waals surface area contributed by atoms with E-state index in [-0.39, 0.29) is 30.4 Å². The first-order valence-corrected chi connectivity index (χ1v) is 7.50. The molecule has 0 saturated heterocycles. The van der Waals surface area contributed by atoms with Crippen LogP contribution >= 0.6 is 11.3 Å². The van der Waals surface area contributed by atoms with E-state index in [9.17, 15) is 14.0 Å². The van der Waals surface area contributed by atoms with Crippen LogP contribution in [0.4, 0.5) is 4.39 Å². The fraction of sp³-hybridized carbons (Fsp3) is 0.267. The molecule has 2 rings (SSSR count). The maximum Gasteiger partial charge on any atom is 0.305 e. The fourth-order valence-corrected chi connectivity index (χ4v) is 2.65. The third-order valence-corrected chi connectivity index (χ3v) is 3.93. The van der Waals surface area contributed by atoms with Crippen molar-refractivity contribution in [2.24, 2.45) is 0 Å². The van der Waals surface area contributed by atoms with Gasteiger partial charge in [0.1, 0.15) is 11.5 Å². The van der Waals surface area contributed by atoms with Crippen molar-refractivity contribution in [1.29, 1.82) is 0 Å². The van der Waals surface area contributed by atoms with Crippen LogP contribution in [-0.2, 0) is 11.2 Å². The second kappa shape index (κ2) is 7.13. The van der Waals surface area contributed by atoms with Gasteiger partial charge in [-0.15, -0.1) is 11.3 Å². The number of nitrogens with zero attached hydrogens (tertiary/aromatic N) is 2. The molecule has 1 aromatic heterocycles. The molecule has 1 amide bonds. The molecule has 0 spiro atoms. The van der Waals surface area contributed by atoms with Gasteiger partial charge in [-0.05, 0) is 11.6 Å². The maximum absolute atomic E-state index is 13.6. The van der Waals surface area contributed by atoms with E-state index in [2.05, 4.69) is 4.98 Å². The molecule has 5 nitrogen and oxygen atoms in total. The molecule has 0 aliphatic heterocycles. The molecule has 7 heteroatoms. The minimum Gasteiger partial charge on any atom is -0.481 e. The third kappa shape index (κ3) is 4.11. The number of aromatic nitrogens is 1. The van der Waals surface area contributed by atoms with Crippen molar-refractivity contribution in [1.82, 2.24) is 9.88 Å². The van der Waals surface area contributed by atoms with Crippen molar-refractivity contribution in [2.45, 2.75) is 12.8 Å². The number of amides is 1. The first-order chi connectivity index (χ1) is 10.5. The second-order valence-electron chi connectivity index (χ2n) is 4.77. The molecule has 0 fully saturated rings. The number of thiazole rings is 1. The molecule has 0 atom stereocenters. The predicted molar refractivity (Wildman–Crippen MR) is 80.5 cm³/mol. The molecule has 1 heterocycles. The Morgan fingerprint density at radius 1 is 1.36 bits per heavy atom. The van der Waals surface area contributed by atoms with Crippen LogP contribution in [0.25, 0.3) is 0 Å². The number of rotatable bonds is 6. The van der Waals surface area contributed by atoms with Crippen molar-refractivity contribution >= 4 is 23.2 Å². The average molecular weight is 322 g/mol. The summed E-state index contributed by atoms with van der Waals surface area (Å²) in [6, 6.07) is 6.43. The number of hydrogen-bond acceptors (Lipinski definition) is 4. The highest BCUT2D eigenvalue weighted by molar-refractivity contribution is 7.09. The Kier molecular flexibility index (Phi) is 5.21. The quantitative estimate of drug-likeness (QED) is 0.886. The summed E-state index contributed by atoms with van der Waals surface area (Å²) in [5, 5.41) is 10.9. The van der Waals surface area contributed by atoms with Crippen LogP contribution in [0.15, 0.2) is 29.6 Å². The normalized spacial score (nSPS) is 10.5. The molecule has 0 saturated carbocycles. The zero-order valence-corrected chi connectivity index (χ0v) is 12.8. The Morgan fingerprint density at radius 3 is 2.77 bits per heavy atom. The first-order valence-electron chi connectivity index (χ1n) is 6.62. The number of carbonyl (C=O) groups is 2. The van der Waals surface area contributed by atoms with Gasteiger partial charge in [0, 0.05) is 25.4 Å². The number of aliphatic carboxylic acids is 1. The Labute approximate surface area is 131 Å². The summed E-state index contributed by atoms with van der Waals surface area (Å²) in [4.78, 5) is 28.1. The lowest BCUT2D eigenvalue weighted by Gasteiger charge is -2.14. The van der Waals surface area contributed by atoms with Crippen LogP contribution in [0.3, 0.4) is 0 Å². The Hall–Kier alpha value is -2.28. The highest BCUT2D eigenvalue weighted by Crippen LogP contribution is 2.17. The summed E-state index contributed by atoms with van der Waals surface area (Å²) >= 11 is 1.28. The van der Waals surface area contributed by atoms with Gasteiger partial charge in [-0.3, -0.25) is 9.59 Å². The largest absolute Gasteiger partial charge is 0.481 e. The standard InChI is InChI=1S/C15H15FN2O3S/c1-18(7-6-14(19)20)15(21)12-9-22-13(17-12)8-10-4-2-3-5-11(10)16/h2-5,9H,6-8H2,1H3,(H,19,20). The topological polar surface area (TPSA) is 70.5 Å². The first kappa shape index (κ1) is 16.1. The van der Waals surface area contributed by atoms with Gasteiger partial charge in [0.2, 0.25) is 0 Å². The highest BCUT2D eigenvalue weighted by Gasteiger charge is 2.16. The molecule has 0 bridgehead atoms. The molecule has 1 N–H and O–H groups in total. The van der Waals surface area contributed by atoms with Crippen molar-refractivity contribution < 1.29 is 19.1 Å². The lowest BCUT2D eigenvalue weighted by Crippen LogP contribution is -2.29. The SMILES string of the molecule is CN(CCC(=O)O)C(=O)c1csc(Cc2ccccc2F)n1. The molecular weight excluding hydrogens is 307 g/mol. The van der Waals surface area contributed by atoms with Gasteiger partial charge in [0.25, 0.3) is 5.91 Å². The van der Waals surface area contributed by atoms with Crippen LogP contribution in [0.2, 0.25) is 0 Å². The van der Waals surface area contributed by atoms with Crippen LogP contribution in [0.5, 0.6) is 0 Å². The van der Waals surface area contributed by atoms with Gasteiger partial charge in [-0.25, -0.2) is 9.37 Å². The van der Waals surface area contributed by atoms with Gasteiger partial charge >= 0.3 is 5.97 Å². The number of carbonyl (C=O) groups excluding carboxylic acids is 1. The van der Waals surface area contributed by atoms with E-state index in [0.29, 0.717) is 17.0 Å². The maximum atomic E-state index is 13.6. The summed E-state index contributed by atoms with van der Waals surface area (Å²) in [5.74, 6) is -1.60. The number of halogens is 1. The minimum atomic E-state index is -0.960. The van der Waals surface area contributed by atoms with E-state index in [1.54, 1.807) is 23.6 Å². The van der Waals surface area contributed by atoms with E-state index in [0.717, 1.165) is 0 Å². The summed E-state index contributed by atoms with van der Waals surface area (Å²) in [6.45, 7) is 0.119. The van der Waals surface area contributed by atoms with E-state index in [4.69, 9.17) is 5.11 Å². The number of carboxylic acids is 1. The van der Waals surface area contributed by atoms with E-state index < -0.39 is 5.97 Å². The highest BCUT2D eigenvalue weighted by atomic mass is 32.1. The zero-order valence-electron chi connectivity index (χ0n) is 12.0. The monoisotopic (exact) mass is 322 g/mol. The number of benzene rings is 1. The molecule has 22 heavy (non-hydrogen) atoms. The molecule has 0 radical (unpaired) electrons. The van der Waals surface area contributed by atoms with Gasteiger partial charge in [0.15, 0.2) is 0 Å². The summed E-state index contributed by atoms with van der Waals surface area (Å²) in [6.07, 6.45) is 0.206. The molecular formula is C15H15FN2O3S. The van der Waals surface area contributed by atoms with Crippen molar-refractivity contribution in [3.05, 3.63) is 51.7 Å². The fourth-order valence-electron chi connectivity index (χ4n) is 1.86. The van der Waals surface area contributed by atoms with Crippen LogP contribution < -0.4 is 0 Å². The van der Waals surface area contributed by atoms with Gasteiger partial charge in [-0.2, -0.15) is 0 Å². The van der Waals surface area contributed by atoms with E-state index >= 15 is 0 Å². The molecule has 1 aromatic carbocycles. The summed E-state index contributed by atoms with van der Waals surface area (Å²) < 4.78 is 13.6. The van der Waals surface area contributed by atoms with E-state index in [1.165, 1.54) is 29.4 Å². The van der Waals surface area contributed by atoms with Crippen LogP contribution in [0.1, 0.15) is 27.5 Å². The summed E-state index contributed by atoms with van der Waals surface area (Å²) in [5.41, 5.74) is 0.777. The van der Waals surface area contributed by atoms with Gasteiger partial charge in [-0.1, -0.05) is 18.2 Å². The molecule has 116 valence electrons. The Balaban J connectivity index is 2.03. The molecule has 0 unspecified atom stereocenters. The smallest absolute Gasteiger partial charge is 0.305 e. The van der Waals surface area contributed by atoms with Crippen LogP contribution in [-0.4, -0.2) is 40.5 Å². The lowest BCUT2D eigenvalue weighted by molar-refractivity contribution is -0.137. The minimum absolute atomic E-state index is 0.117. The van der Waals surface area contributed by atoms with E-state index in [1.807, 2.05) is 0 Å². The van der Waals surface area contributed by atoms with Gasteiger partial charge < -0.3 is 10.0 Å². The van der Waals surface area contributed by atoms with Crippen LogP contribution in [0, 0.1) is 5.82 Å². The second-order valence-corrected chi connectivity index (χ2v) is 5.71. The zero-order chi connectivity index (χ0) is 16.1. The number of hydrogen-bond donors (Lipinski definition) is 1. The van der Waals surface area contributed by atoms with Crippen molar-refractivity contribution in [3.63, 3.8) is 0 Å². The average Bonchev–Trinajstić information content (AvgIpc) is 2.95. The van der Waals surface area contributed by atoms with Crippen molar-refractivity contribution in [2.75, 3.05) is 13.6 Å². The molecule has 0 aliphatic rings. The number of carboxylic acid groups (broad SMARTS) is 1. The molecule has 2 aromatic rings. The molecule has 0 aliphatic carbocycles. The predicted octanol–water partition coefficient (Wildman–Crippen LogP) is 2.42. The summed E-state index contributed by atoms with van der Waals surface area (Å²) in [7, 11) is 1.53. The van der Waals surface area contributed by atoms with Gasteiger partial charge in [0.05, 0.1) is 11.4 Å².